The molecule has 0 bridgehead atoms. The van der Waals surface area contributed by atoms with E-state index in [1.165, 1.54) is 11.3 Å². The summed E-state index contributed by atoms with van der Waals surface area (Å²) in [5.41, 5.74) is 0.642. The second-order valence-electron chi connectivity index (χ2n) is 5.05. The van der Waals surface area contributed by atoms with Gasteiger partial charge in [-0.2, -0.15) is 0 Å². The van der Waals surface area contributed by atoms with Crippen LogP contribution in [-0.2, 0) is 27.2 Å². The number of thiazole rings is 1. The first-order chi connectivity index (χ1) is 11.1. The number of carbonyl (C=O) groups excluding carboxylic acids is 2. The lowest BCUT2D eigenvalue weighted by atomic mass is 10.3. The number of hydrogen-bond acceptors (Lipinski definition) is 6. The first-order valence-corrected chi connectivity index (χ1v) is 8.87. The lowest BCUT2D eigenvalue weighted by Crippen LogP contribution is -2.36. The Morgan fingerprint density at radius 2 is 2.13 bits per heavy atom. The first kappa shape index (κ1) is 17.6. The summed E-state index contributed by atoms with van der Waals surface area (Å²) < 4.78 is 4.97. The summed E-state index contributed by atoms with van der Waals surface area (Å²) in [7, 11) is 1.59. The number of ether oxygens (including phenoxy) is 1. The van der Waals surface area contributed by atoms with Crippen LogP contribution in [0, 0.1) is 0 Å². The van der Waals surface area contributed by atoms with Crippen LogP contribution in [0.3, 0.4) is 0 Å². The number of rotatable bonds is 8. The van der Waals surface area contributed by atoms with Gasteiger partial charge in [-0.3, -0.25) is 9.59 Å². The summed E-state index contributed by atoms with van der Waals surface area (Å²) in [6, 6.07) is 3.79. The quantitative estimate of drug-likeness (QED) is 0.761. The van der Waals surface area contributed by atoms with Gasteiger partial charge in [-0.25, -0.2) is 4.98 Å². The number of methoxy groups -OCH3 is 1. The van der Waals surface area contributed by atoms with Gasteiger partial charge < -0.3 is 15.4 Å². The molecule has 8 heteroatoms. The van der Waals surface area contributed by atoms with Crippen LogP contribution in [-0.4, -0.2) is 36.6 Å². The van der Waals surface area contributed by atoms with Crippen molar-refractivity contribution >= 4 is 39.6 Å². The normalized spacial score (nSPS) is 11.9. The maximum atomic E-state index is 11.9. The highest BCUT2D eigenvalue weighted by Crippen LogP contribution is 2.17. The SMILES string of the molecule is COCC(C)NC(=O)Cc1csc(NC(=O)Cc2cccs2)n1. The monoisotopic (exact) mass is 353 g/mol. The predicted molar refractivity (Wildman–Crippen MR) is 92.0 cm³/mol. The maximum Gasteiger partial charge on any atom is 0.231 e. The van der Waals surface area contributed by atoms with E-state index in [2.05, 4.69) is 15.6 Å². The minimum atomic E-state index is -0.115. The van der Waals surface area contributed by atoms with E-state index in [1.54, 1.807) is 23.8 Å². The zero-order valence-corrected chi connectivity index (χ0v) is 14.6. The molecule has 2 rings (SSSR count). The standard InChI is InChI=1S/C15H19N3O3S2/c1-10(8-21-2)16-13(19)6-11-9-23-15(17-11)18-14(20)7-12-4-3-5-22-12/h3-5,9-10H,6-8H2,1-2H3,(H,16,19)(H,17,18,20). The van der Waals surface area contributed by atoms with Gasteiger partial charge in [0.2, 0.25) is 11.8 Å². The highest BCUT2D eigenvalue weighted by Gasteiger charge is 2.12. The fourth-order valence-corrected chi connectivity index (χ4v) is 3.39. The van der Waals surface area contributed by atoms with Crippen LogP contribution in [0.2, 0.25) is 0 Å². The third kappa shape index (κ3) is 6.09. The summed E-state index contributed by atoms with van der Waals surface area (Å²) in [5, 5.41) is 9.81. The number of nitrogens with zero attached hydrogens (tertiary/aromatic N) is 1. The Morgan fingerprint density at radius 1 is 1.30 bits per heavy atom. The molecular formula is C15H19N3O3S2. The second kappa shape index (κ2) is 8.76. The van der Waals surface area contributed by atoms with Crippen LogP contribution >= 0.6 is 22.7 Å². The number of carbonyl (C=O) groups is 2. The van der Waals surface area contributed by atoms with Crippen LogP contribution < -0.4 is 10.6 Å². The van der Waals surface area contributed by atoms with Crippen molar-refractivity contribution in [2.45, 2.75) is 25.8 Å². The van der Waals surface area contributed by atoms with E-state index < -0.39 is 0 Å². The molecule has 23 heavy (non-hydrogen) atoms. The molecule has 2 aromatic heterocycles. The fraction of sp³-hybridized carbons (Fsp3) is 0.400. The average Bonchev–Trinajstić information content (AvgIpc) is 3.11. The highest BCUT2D eigenvalue weighted by molar-refractivity contribution is 7.14. The van der Waals surface area contributed by atoms with Crippen molar-refractivity contribution in [2.24, 2.45) is 0 Å². The Morgan fingerprint density at radius 3 is 2.83 bits per heavy atom. The van der Waals surface area contributed by atoms with Crippen LogP contribution in [0.1, 0.15) is 17.5 Å². The van der Waals surface area contributed by atoms with Crippen LogP contribution in [0.25, 0.3) is 0 Å². The second-order valence-corrected chi connectivity index (χ2v) is 6.94. The predicted octanol–water partition coefficient (Wildman–Crippen LogP) is 2.08. The van der Waals surface area contributed by atoms with Crippen molar-refractivity contribution in [1.82, 2.24) is 10.3 Å². The van der Waals surface area contributed by atoms with Crippen molar-refractivity contribution in [1.29, 1.82) is 0 Å². The highest BCUT2D eigenvalue weighted by atomic mass is 32.1. The molecule has 2 heterocycles. The van der Waals surface area contributed by atoms with Gasteiger partial charge in [0.25, 0.3) is 0 Å². The molecule has 6 nitrogen and oxygen atoms in total. The van der Waals surface area contributed by atoms with Gasteiger partial charge in [0, 0.05) is 23.4 Å². The molecule has 0 spiro atoms. The largest absolute Gasteiger partial charge is 0.383 e. The van der Waals surface area contributed by atoms with Crippen LogP contribution in [0.15, 0.2) is 22.9 Å². The van der Waals surface area contributed by atoms with E-state index in [0.29, 0.717) is 23.9 Å². The van der Waals surface area contributed by atoms with Crippen molar-refractivity contribution in [3.05, 3.63) is 33.5 Å². The fourth-order valence-electron chi connectivity index (χ4n) is 1.96. The molecule has 0 radical (unpaired) electrons. The molecule has 2 aromatic rings. The van der Waals surface area contributed by atoms with E-state index >= 15 is 0 Å². The summed E-state index contributed by atoms with van der Waals surface area (Å²) in [6.45, 7) is 2.34. The van der Waals surface area contributed by atoms with E-state index in [1.807, 2.05) is 24.4 Å². The molecule has 2 N–H and O–H groups in total. The Hall–Kier alpha value is -1.77. The Bertz CT molecular complexity index is 640. The summed E-state index contributed by atoms with van der Waals surface area (Å²) in [6.07, 6.45) is 0.521. The van der Waals surface area contributed by atoms with E-state index in [4.69, 9.17) is 4.74 Å². The smallest absolute Gasteiger partial charge is 0.231 e. The summed E-state index contributed by atoms with van der Waals surface area (Å²) in [4.78, 5) is 29.0. The molecule has 0 aliphatic heterocycles. The summed E-state index contributed by atoms with van der Waals surface area (Å²) >= 11 is 2.86. The van der Waals surface area contributed by atoms with Crippen molar-refractivity contribution in [2.75, 3.05) is 19.0 Å². The van der Waals surface area contributed by atoms with Gasteiger partial charge in [0.1, 0.15) is 0 Å². The van der Waals surface area contributed by atoms with Gasteiger partial charge in [-0.1, -0.05) is 6.07 Å². The minimum Gasteiger partial charge on any atom is -0.383 e. The van der Waals surface area contributed by atoms with Crippen molar-refractivity contribution < 1.29 is 14.3 Å². The minimum absolute atomic E-state index is 0.0453. The zero-order valence-electron chi connectivity index (χ0n) is 13.0. The molecule has 124 valence electrons. The number of thiophene rings is 1. The van der Waals surface area contributed by atoms with Crippen LogP contribution in [0.5, 0.6) is 0 Å². The third-order valence-corrected chi connectivity index (χ3v) is 4.56. The molecule has 0 fully saturated rings. The molecule has 2 amide bonds. The van der Waals surface area contributed by atoms with Gasteiger partial charge in [-0.05, 0) is 18.4 Å². The molecule has 0 aromatic carbocycles. The van der Waals surface area contributed by atoms with Crippen molar-refractivity contribution in [3.63, 3.8) is 0 Å². The lowest BCUT2D eigenvalue weighted by Gasteiger charge is -2.11. The van der Waals surface area contributed by atoms with Crippen LogP contribution in [0.4, 0.5) is 5.13 Å². The maximum absolute atomic E-state index is 11.9. The van der Waals surface area contributed by atoms with Crippen molar-refractivity contribution in [3.8, 4) is 0 Å². The van der Waals surface area contributed by atoms with Gasteiger partial charge in [0.15, 0.2) is 5.13 Å². The van der Waals surface area contributed by atoms with E-state index in [9.17, 15) is 9.59 Å². The van der Waals surface area contributed by atoms with Gasteiger partial charge in [0.05, 0.1) is 25.1 Å². The lowest BCUT2D eigenvalue weighted by molar-refractivity contribution is -0.121. The van der Waals surface area contributed by atoms with Gasteiger partial charge in [-0.15, -0.1) is 22.7 Å². The third-order valence-electron chi connectivity index (χ3n) is 2.88. The molecule has 1 atom stereocenters. The van der Waals surface area contributed by atoms with Gasteiger partial charge >= 0.3 is 0 Å². The topological polar surface area (TPSA) is 80.3 Å². The average molecular weight is 353 g/mol. The zero-order chi connectivity index (χ0) is 16.7. The first-order valence-electron chi connectivity index (χ1n) is 7.11. The molecule has 0 saturated heterocycles. The molecular weight excluding hydrogens is 334 g/mol. The number of amides is 2. The molecule has 0 aliphatic rings. The Balaban J connectivity index is 1.80. The molecule has 0 saturated carbocycles. The molecule has 0 aliphatic carbocycles. The Kier molecular flexibility index (Phi) is 6.69. The molecule has 1 unspecified atom stereocenters. The van der Waals surface area contributed by atoms with E-state index in [-0.39, 0.29) is 24.3 Å². The number of anilines is 1. The number of nitrogens with one attached hydrogen (secondary N) is 2. The Labute approximate surface area is 142 Å². The number of hydrogen-bond donors (Lipinski definition) is 2. The summed E-state index contributed by atoms with van der Waals surface area (Å²) in [5.74, 6) is -0.220. The van der Waals surface area contributed by atoms with E-state index in [0.717, 1.165) is 4.88 Å². The number of aromatic nitrogens is 1.